The van der Waals surface area contributed by atoms with Gasteiger partial charge in [-0.2, -0.15) is 0 Å². The average molecular weight is 276 g/mol. The fraction of sp³-hybridized carbons (Fsp3) is 0.250. The minimum absolute atomic E-state index is 0.270. The molecule has 0 fully saturated rings. The summed E-state index contributed by atoms with van der Waals surface area (Å²) in [5.41, 5.74) is -1.35. The predicted octanol–water partition coefficient (Wildman–Crippen LogP) is 2.58. The molecule has 0 amide bonds. The van der Waals surface area contributed by atoms with Gasteiger partial charge in [0.2, 0.25) is 0 Å². The molecule has 17 heavy (non-hydrogen) atoms. The molecule has 0 radical (unpaired) electrons. The summed E-state index contributed by atoms with van der Waals surface area (Å²) >= 11 is 0. The van der Waals surface area contributed by atoms with E-state index in [0.29, 0.717) is 0 Å². The Morgan fingerprint density at radius 2 is 1.94 bits per heavy atom. The van der Waals surface area contributed by atoms with Crippen molar-refractivity contribution in [1.29, 1.82) is 0 Å². The van der Waals surface area contributed by atoms with Crippen molar-refractivity contribution in [3.05, 3.63) is 38.4 Å². The third-order valence-electron chi connectivity index (χ3n) is 1.63. The molecule has 0 saturated carbocycles. The molecule has 0 saturated heterocycles. The Hall–Kier alpha value is -1.32. The summed E-state index contributed by atoms with van der Waals surface area (Å²) in [6, 6.07) is 3.40. The van der Waals surface area contributed by atoms with Crippen LogP contribution in [-0.4, -0.2) is 20.4 Å². The monoisotopic (exact) mass is 276 g/mol. The highest BCUT2D eigenvalue weighted by atomic mass is 33.1. The second-order valence-electron chi connectivity index (χ2n) is 2.95. The summed E-state index contributed by atoms with van der Waals surface area (Å²) in [6.45, 7) is 1.52. The minimum atomic E-state index is -0.691. The van der Waals surface area contributed by atoms with E-state index in [9.17, 15) is 20.2 Å². The lowest BCUT2D eigenvalue weighted by molar-refractivity contribution is -0.396. The maximum atomic E-state index is 10.7. The number of non-ortho nitro benzene ring substituents is 1. The van der Waals surface area contributed by atoms with Crippen LogP contribution in [-0.2, 0) is 0 Å². The molecule has 1 aromatic carbocycles. The summed E-state index contributed by atoms with van der Waals surface area (Å²) in [5.74, 6) is 0. The maximum Gasteiger partial charge on any atom is 0.290 e. The minimum Gasteiger partial charge on any atom is -0.382 e. The molecule has 0 heterocycles. The standard InChI is InChI=1S/C8H8N2O5S2/c1-5(11)16-17-8-3-2-6(9(12)13)4-7(8)10(14)15/h2-5,11H,1H3. The number of hydrogen-bond acceptors (Lipinski definition) is 7. The molecule has 0 bridgehead atoms. The van der Waals surface area contributed by atoms with Gasteiger partial charge in [0.1, 0.15) is 5.44 Å². The molecule has 1 rings (SSSR count). The third-order valence-corrected chi connectivity index (χ3v) is 4.19. The highest BCUT2D eigenvalue weighted by molar-refractivity contribution is 8.76. The van der Waals surface area contributed by atoms with E-state index >= 15 is 0 Å². The van der Waals surface area contributed by atoms with Gasteiger partial charge in [-0.15, -0.1) is 0 Å². The normalized spacial score (nSPS) is 12.1. The van der Waals surface area contributed by atoms with Gasteiger partial charge in [0.15, 0.2) is 0 Å². The van der Waals surface area contributed by atoms with Gasteiger partial charge < -0.3 is 5.11 Å². The van der Waals surface area contributed by atoms with E-state index in [1.165, 1.54) is 19.1 Å². The van der Waals surface area contributed by atoms with Crippen molar-refractivity contribution in [2.24, 2.45) is 0 Å². The van der Waals surface area contributed by atoms with E-state index in [0.717, 1.165) is 27.7 Å². The Labute approximate surface area is 104 Å². The molecule has 7 nitrogen and oxygen atoms in total. The first-order chi connectivity index (χ1) is 7.91. The van der Waals surface area contributed by atoms with Crippen LogP contribution >= 0.6 is 21.6 Å². The van der Waals surface area contributed by atoms with Gasteiger partial charge in [-0.05, 0) is 23.8 Å². The van der Waals surface area contributed by atoms with Crippen LogP contribution in [0.5, 0.6) is 0 Å². The summed E-state index contributed by atoms with van der Waals surface area (Å²) in [6.07, 6.45) is 0. The lowest BCUT2D eigenvalue weighted by atomic mass is 10.3. The highest BCUT2D eigenvalue weighted by Gasteiger charge is 2.20. The van der Waals surface area contributed by atoms with Gasteiger partial charge in [0.25, 0.3) is 11.4 Å². The molecule has 0 aromatic heterocycles. The van der Waals surface area contributed by atoms with Crippen LogP contribution in [0, 0.1) is 20.2 Å². The molecular formula is C8H8N2O5S2. The van der Waals surface area contributed by atoms with E-state index in [-0.39, 0.29) is 16.3 Å². The Kier molecular flexibility index (Phi) is 4.73. The largest absolute Gasteiger partial charge is 0.382 e. The van der Waals surface area contributed by atoms with Crippen LogP contribution in [0.25, 0.3) is 0 Å². The number of aliphatic hydroxyl groups excluding tert-OH is 1. The van der Waals surface area contributed by atoms with Crippen LogP contribution in [0.4, 0.5) is 11.4 Å². The molecule has 9 heteroatoms. The van der Waals surface area contributed by atoms with Gasteiger partial charge >= 0.3 is 0 Å². The van der Waals surface area contributed by atoms with E-state index < -0.39 is 15.3 Å². The van der Waals surface area contributed by atoms with Gasteiger partial charge in [-0.1, -0.05) is 10.8 Å². The molecule has 0 aliphatic carbocycles. The molecule has 0 aliphatic rings. The molecule has 1 atom stereocenters. The van der Waals surface area contributed by atoms with Crippen LogP contribution in [0.1, 0.15) is 6.92 Å². The van der Waals surface area contributed by atoms with E-state index in [4.69, 9.17) is 5.11 Å². The molecule has 1 N–H and O–H groups in total. The zero-order valence-corrected chi connectivity index (χ0v) is 10.2. The summed E-state index contributed by atoms with van der Waals surface area (Å²) in [5, 5.41) is 30.3. The summed E-state index contributed by atoms with van der Waals surface area (Å²) in [4.78, 5) is 20.1. The van der Waals surface area contributed by atoms with Crippen molar-refractivity contribution in [3.8, 4) is 0 Å². The summed E-state index contributed by atoms with van der Waals surface area (Å²) < 4.78 is 0. The first-order valence-corrected chi connectivity index (χ1v) is 6.57. The Balaban J connectivity index is 3.04. The molecule has 1 unspecified atom stereocenters. The number of nitro benzene ring substituents is 2. The highest BCUT2D eigenvalue weighted by Crippen LogP contribution is 2.40. The molecular weight excluding hydrogens is 268 g/mol. The van der Waals surface area contributed by atoms with E-state index in [2.05, 4.69) is 0 Å². The zero-order valence-electron chi connectivity index (χ0n) is 8.60. The van der Waals surface area contributed by atoms with Crippen molar-refractivity contribution >= 4 is 33.0 Å². The predicted molar refractivity (Wildman–Crippen MR) is 64.9 cm³/mol. The number of nitro groups is 2. The second-order valence-corrected chi connectivity index (χ2v) is 5.50. The number of rotatable bonds is 5. The number of aliphatic hydroxyl groups is 1. The molecule has 1 aromatic rings. The number of hydrogen-bond donors (Lipinski definition) is 1. The lowest BCUT2D eigenvalue weighted by Crippen LogP contribution is -1.94. The lowest BCUT2D eigenvalue weighted by Gasteiger charge is -2.03. The Morgan fingerprint density at radius 3 is 2.41 bits per heavy atom. The second kappa shape index (κ2) is 5.84. The van der Waals surface area contributed by atoms with Crippen molar-refractivity contribution in [1.82, 2.24) is 0 Å². The van der Waals surface area contributed by atoms with E-state index in [1.807, 2.05) is 0 Å². The molecule has 0 spiro atoms. The Bertz CT molecular complexity index is 452. The van der Waals surface area contributed by atoms with Crippen molar-refractivity contribution in [2.45, 2.75) is 17.3 Å². The van der Waals surface area contributed by atoms with Gasteiger partial charge in [-0.25, -0.2) is 0 Å². The van der Waals surface area contributed by atoms with Gasteiger partial charge in [0.05, 0.1) is 20.8 Å². The quantitative estimate of drug-likeness (QED) is 0.381. The first-order valence-electron chi connectivity index (χ1n) is 4.36. The first kappa shape index (κ1) is 13.7. The fourth-order valence-corrected chi connectivity index (χ4v) is 2.69. The topological polar surface area (TPSA) is 107 Å². The summed E-state index contributed by atoms with van der Waals surface area (Å²) in [7, 11) is 2.03. The SMILES string of the molecule is CC(O)SSc1ccc([N+](=O)[O-])cc1[N+](=O)[O-]. The van der Waals surface area contributed by atoms with Crippen molar-refractivity contribution in [3.63, 3.8) is 0 Å². The number of benzene rings is 1. The number of nitrogens with zero attached hydrogens (tertiary/aromatic N) is 2. The van der Waals surface area contributed by atoms with Crippen LogP contribution in [0.15, 0.2) is 23.1 Å². The van der Waals surface area contributed by atoms with Crippen molar-refractivity contribution in [2.75, 3.05) is 0 Å². The van der Waals surface area contributed by atoms with Gasteiger partial charge in [-0.3, -0.25) is 20.2 Å². The zero-order chi connectivity index (χ0) is 13.0. The van der Waals surface area contributed by atoms with Crippen molar-refractivity contribution < 1.29 is 15.0 Å². The van der Waals surface area contributed by atoms with Gasteiger partial charge in [0, 0.05) is 6.07 Å². The maximum absolute atomic E-state index is 10.7. The molecule has 92 valence electrons. The fourth-order valence-electron chi connectivity index (χ4n) is 0.954. The van der Waals surface area contributed by atoms with E-state index in [1.54, 1.807) is 0 Å². The van der Waals surface area contributed by atoms with Crippen LogP contribution in [0.2, 0.25) is 0 Å². The third kappa shape index (κ3) is 3.88. The molecule has 0 aliphatic heterocycles. The van der Waals surface area contributed by atoms with Crippen LogP contribution in [0.3, 0.4) is 0 Å². The smallest absolute Gasteiger partial charge is 0.290 e. The average Bonchev–Trinajstić information content (AvgIpc) is 2.25. The Morgan fingerprint density at radius 1 is 1.29 bits per heavy atom. The van der Waals surface area contributed by atoms with Crippen LogP contribution < -0.4 is 0 Å².